The monoisotopic (exact) mass is 711 g/mol. The summed E-state index contributed by atoms with van der Waals surface area (Å²) in [6, 6.07) is 10.8. The molecule has 0 radical (unpaired) electrons. The highest BCUT2D eigenvalue weighted by Crippen LogP contribution is 2.60. The Labute approximate surface area is 295 Å². The zero-order chi connectivity index (χ0) is 36.2. The molecule has 1 spiro atoms. The van der Waals surface area contributed by atoms with Crippen LogP contribution in [0.3, 0.4) is 0 Å². The summed E-state index contributed by atoms with van der Waals surface area (Å²) in [4.78, 5) is 55.8. The number of carbonyl (C=O) groups excluding carboxylic acids is 3. The zero-order valence-corrected chi connectivity index (χ0v) is 30.9. The van der Waals surface area contributed by atoms with Crippen molar-refractivity contribution < 1.29 is 43.6 Å². The molecule has 1 fully saturated rings. The maximum Gasteiger partial charge on any atom is 0.305 e. The molecule has 0 bridgehead atoms. The fraction of sp³-hybridized carbons (Fsp3) is 0.595. The lowest BCUT2D eigenvalue weighted by molar-refractivity contribution is -0.146. The van der Waals surface area contributed by atoms with E-state index in [1.807, 2.05) is 63.3 Å². The van der Waals surface area contributed by atoms with Crippen LogP contribution in [-0.2, 0) is 35.9 Å². The van der Waals surface area contributed by atoms with Crippen LogP contribution in [0.25, 0.3) is 0 Å². The van der Waals surface area contributed by atoms with Crippen molar-refractivity contribution in [3.05, 3.63) is 47.5 Å². The first kappa shape index (κ1) is 37.9. The number of rotatable bonds is 16. The summed E-state index contributed by atoms with van der Waals surface area (Å²) in [7, 11) is -1.55. The number of benzene rings is 2. The largest absolute Gasteiger partial charge is 0.494 e. The van der Waals surface area contributed by atoms with E-state index in [-0.39, 0.29) is 49.4 Å². The summed E-state index contributed by atoms with van der Waals surface area (Å²) in [6.45, 7) is 8.92. The lowest BCUT2D eigenvalue weighted by Crippen LogP contribution is -2.49. The molecule has 5 rings (SSSR count). The number of unbranched alkanes of at least 4 members (excludes halogenated alkanes) is 2. The Kier molecular flexibility index (Phi) is 12.1. The lowest BCUT2D eigenvalue weighted by Gasteiger charge is -2.36. The first-order chi connectivity index (χ1) is 23.9. The van der Waals surface area contributed by atoms with Gasteiger partial charge in [0.25, 0.3) is 5.91 Å². The number of hydrogen-bond acceptors (Lipinski definition) is 10. The summed E-state index contributed by atoms with van der Waals surface area (Å²) < 4.78 is 17.4. The van der Waals surface area contributed by atoms with Crippen molar-refractivity contribution in [1.29, 1.82) is 0 Å². The van der Waals surface area contributed by atoms with Crippen molar-refractivity contribution in [1.82, 2.24) is 5.32 Å². The van der Waals surface area contributed by atoms with Crippen LogP contribution in [-0.4, -0.2) is 93.3 Å². The number of amides is 2. The first-order valence-electron chi connectivity index (χ1n) is 17.9. The molecule has 2 amide bonds. The van der Waals surface area contributed by atoms with Gasteiger partial charge in [-0.3, -0.25) is 19.3 Å². The first-order valence-corrected chi connectivity index (χ1v) is 20.9. The molecule has 4 N–H and O–H groups in total. The standard InChI is InChI=1S/C37H53N3O9Si/c1-6-48-27-13-15-30-25(21-27)22-29(38-17-8-10-19-41)35(44)40(30)26-12-14-31-28(23-26)37(36(45)39(31)18-9-7-11-33(43)47-3)24(2)34(50(4,5)46)32(49-37)16-20-42/h12-15,21,23-24,29,32,34,38,41-42,46H,6-11,16-20,22H2,1-5H3/t24-,29?,32+,34-,37+/m1/s1. The van der Waals surface area contributed by atoms with Gasteiger partial charge in [0, 0.05) is 48.9 Å². The molecule has 2 aromatic rings. The molecule has 3 heterocycles. The minimum atomic E-state index is -2.91. The minimum absolute atomic E-state index is 0.0846. The number of fused-ring (bicyclic) bond motifs is 3. The summed E-state index contributed by atoms with van der Waals surface area (Å²) in [5, 5.41) is 22.7. The summed E-state index contributed by atoms with van der Waals surface area (Å²) in [5.41, 5.74) is 1.77. The quantitative estimate of drug-likeness (QED) is 0.114. The second kappa shape index (κ2) is 15.9. The molecule has 13 heteroatoms. The van der Waals surface area contributed by atoms with Crippen molar-refractivity contribution in [2.75, 3.05) is 49.8 Å². The molecule has 2 aromatic carbocycles. The van der Waals surface area contributed by atoms with Crippen LogP contribution in [0, 0.1) is 5.92 Å². The molecule has 274 valence electrons. The Balaban J connectivity index is 1.60. The van der Waals surface area contributed by atoms with Gasteiger partial charge in [0.05, 0.1) is 37.2 Å². The molecular weight excluding hydrogens is 659 g/mol. The molecule has 50 heavy (non-hydrogen) atoms. The van der Waals surface area contributed by atoms with E-state index >= 15 is 0 Å². The van der Waals surface area contributed by atoms with Gasteiger partial charge in [-0.05, 0) is 107 Å². The van der Waals surface area contributed by atoms with Gasteiger partial charge in [-0.15, -0.1) is 0 Å². The van der Waals surface area contributed by atoms with E-state index in [4.69, 9.17) is 14.2 Å². The predicted octanol–water partition coefficient (Wildman–Crippen LogP) is 3.91. The van der Waals surface area contributed by atoms with Crippen LogP contribution >= 0.6 is 0 Å². The zero-order valence-electron chi connectivity index (χ0n) is 29.9. The lowest BCUT2D eigenvalue weighted by atomic mass is 9.82. The smallest absolute Gasteiger partial charge is 0.305 e. The SMILES string of the molecule is CCOc1ccc2c(c1)CC(NCCCCO)C(=O)N2c1ccc2c(c1)[C@]1(O[C@@H](CCO)[C@H]([Si](C)(C)O)[C@H]1C)C(=O)N2CCCCC(=O)OC. The van der Waals surface area contributed by atoms with Crippen molar-refractivity contribution in [2.45, 2.75) is 95.2 Å². The predicted molar refractivity (Wildman–Crippen MR) is 192 cm³/mol. The Bertz CT molecular complexity index is 1550. The number of aliphatic hydroxyl groups excluding tert-OH is 2. The molecule has 1 unspecified atom stereocenters. The van der Waals surface area contributed by atoms with Gasteiger partial charge in [-0.1, -0.05) is 6.92 Å². The third-order valence-electron chi connectivity index (χ3n) is 10.4. The molecule has 1 saturated heterocycles. The highest BCUT2D eigenvalue weighted by Gasteiger charge is 2.66. The Morgan fingerprint density at radius 1 is 1.06 bits per heavy atom. The van der Waals surface area contributed by atoms with E-state index in [0.717, 1.165) is 17.7 Å². The van der Waals surface area contributed by atoms with Gasteiger partial charge in [-0.25, -0.2) is 0 Å². The van der Waals surface area contributed by atoms with Crippen LogP contribution in [0.1, 0.15) is 63.5 Å². The summed E-state index contributed by atoms with van der Waals surface area (Å²) in [6.07, 6.45) is 2.90. The summed E-state index contributed by atoms with van der Waals surface area (Å²) in [5.74, 6) is -0.395. The van der Waals surface area contributed by atoms with E-state index in [9.17, 15) is 29.4 Å². The van der Waals surface area contributed by atoms with Crippen LogP contribution < -0.4 is 19.9 Å². The van der Waals surface area contributed by atoms with Crippen LogP contribution in [0.15, 0.2) is 36.4 Å². The van der Waals surface area contributed by atoms with Crippen LogP contribution in [0.2, 0.25) is 18.6 Å². The van der Waals surface area contributed by atoms with E-state index in [1.54, 1.807) is 9.80 Å². The third-order valence-corrected chi connectivity index (χ3v) is 12.9. The molecular formula is C37H53N3O9Si. The van der Waals surface area contributed by atoms with E-state index < -0.39 is 32.0 Å². The van der Waals surface area contributed by atoms with Crippen molar-refractivity contribution in [3.63, 3.8) is 0 Å². The maximum atomic E-state index is 14.7. The average Bonchev–Trinajstić information content (AvgIpc) is 3.51. The minimum Gasteiger partial charge on any atom is -0.494 e. The molecule has 0 aliphatic carbocycles. The molecule has 5 atom stereocenters. The van der Waals surface area contributed by atoms with Crippen molar-refractivity contribution in [3.8, 4) is 5.75 Å². The summed E-state index contributed by atoms with van der Waals surface area (Å²) >= 11 is 0. The number of ether oxygens (including phenoxy) is 3. The second-order valence-corrected chi connectivity index (χ2v) is 18.1. The topological polar surface area (TPSA) is 158 Å². The Hall–Kier alpha value is -3.33. The van der Waals surface area contributed by atoms with Gasteiger partial charge >= 0.3 is 5.97 Å². The number of hydrogen-bond donors (Lipinski definition) is 4. The molecule has 3 aliphatic heterocycles. The normalized spacial score (nSPS) is 24.6. The van der Waals surface area contributed by atoms with Crippen LogP contribution in [0.5, 0.6) is 5.75 Å². The number of methoxy groups -OCH3 is 1. The van der Waals surface area contributed by atoms with Gasteiger partial charge < -0.3 is 39.4 Å². The number of carbonyl (C=O) groups is 3. The number of nitrogens with one attached hydrogen (secondary N) is 1. The molecule has 3 aliphatic rings. The highest BCUT2D eigenvalue weighted by molar-refractivity contribution is 6.71. The van der Waals surface area contributed by atoms with Crippen molar-refractivity contribution >= 4 is 43.2 Å². The molecule has 12 nitrogen and oxygen atoms in total. The number of nitrogens with zero attached hydrogens (tertiary/aromatic N) is 2. The van der Waals surface area contributed by atoms with E-state index in [2.05, 4.69) is 5.32 Å². The third kappa shape index (κ3) is 7.21. The average molecular weight is 712 g/mol. The fourth-order valence-corrected chi connectivity index (χ4v) is 10.8. The van der Waals surface area contributed by atoms with Gasteiger partial charge in [0.2, 0.25) is 5.91 Å². The number of aliphatic hydroxyl groups is 2. The van der Waals surface area contributed by atoms with Crippen LogP contribution in [0.4, 0.5) is 17.1 Å². The number of esters is 1. The van der Waals surface area contributed by atoms with Gasteiger partial charge in [0.15, 0.2) is 13.9 Å². The number of anilines is 3. The maximum absolute atomic E-state index is 14.7. The van der Waals surface area contributed by atoms with E-state index in [1.165, 1.54) is 7.11 Å². The molecule has 0 saturated carbocycles. The fourth-order valence-electron chi connectivity index (χ4n) is 8.19. The Morgan fingerprint density at radius 2 is 1.82 bits per heavy atom. The Morgan fingerprint density at radius 3 is 2.50 bits per heavy atom. The van der Waals surface area contributed by atoms with E-state index in [0.29, 0.717) is 68.1 Å². The molecule has 0 aromatic heterocycles. The van der Waals surface area contributed by atoms with Crippen molar-refractivity contribution in [2.24, 2.45) is 5.92 Å². The van der Waals surface area contributed by atoms with Gasteiger partial charge in [0.1, 0.15) is 5.75 Å². The highest BCUT2D eigenvalue weighted by atomic mass is 28.4. The second-order valence-electron chi connectivity index (χ2n) is 14.1. The van der Waals surface area contributed by atoms with Gasteiger partial charge in [-0.2, -0.15) is 0 Å².